The number of hydrogen-bond donors (Lipinski definition) is 0. The van der Waals surface area contributed by atoms with E-state index < -0.39 is 0 Å². The van der Waals surface area contributed by atoms with Crippen LogP contribution in [-0.4, -0.2) is 23.5 Å². The second-order valence-corrected chi connectivity index (χ2v) is 5.51. The number of hydrogen-bond acceptors (Lipinski definition) is 2. The van der Waals surface area contributed by atoms with Gasteiger partial charge >= 0.3 is 0 Å². The van der Waals surface area contributed by atoms with E-state index in [0.717, 1.165) is 0 Å². The standard InChI is InChI=1S/C10H14N2.C8H10/c1-12-7-3-5-10(12)9-4-2-6-11-8-9;1-7-5-3-4-6-8(7)2/h2,4,6,8,10H,3,5,7H2,1H3;3-6H,1-2H3. The van der Waals surface area contributed by atoms with Crippen molar-refractivity contribution in [2.75, 3.05) is 13.6 Å². The Hall–Kier alpha value is -1.67. The molecular weight excluding hydrogens is 244 g/mol. The van der Waals surface area contributed by atoms with Crippen molar-refractivity contribution in [1.29, 1.82) is 0 Å². The van der Waals surface area contributed by atoms with Gasteiger partial charge in [-0.05, 0) is 63.0 Å². The van der Waals surface area contributed by atoms with Crippen LogP contribution in [0, 0.1) is 13.8 Å². The Morgan fingerprint density at radius 1 is 1.05 bits per heavy atom. The fraction of sp³-hybridized carbons (Fsp3) is 0.389. The molecule has 1 aliphatic rings. The lowest BCUT2D eigenvalue weighted by Crippen LogP contribution is -2.17. The molecule has 1 atom stereocenters. The highest BCUT2D eigenvalue weighted by Crippen LogP contribution is 2.29. The fourth-order valence-corrected chi connectivity index (χ4v) is 2.57. The van der Waals surface area contributed by atoms with Crippen LogP contribution in [0.3, 0.4) is 0 Å². The Bertz CT molecular complexity index is 501. The van der Waals surface area contributed by atoms with Crippen molar-refractivity contribution in [1.82, 2.24) is 9.88 Å². The van der Waals surface area contributed by atoms with E-state index in [-0.39, 0.29) is 0 Å². The monoisotopic (exact) mass is 268 g/mol. The summed E-state index contributed by atoms with van der Waals surface area (Å²) in [4.78, 5) is 6.54. The third kappa shape index (κ3) is 3.91. The van der Waals surface area contributed by atoms with Gasteiger partial charge < -0.3 is 0 Å². The summed E-state index contributed by atoms with van der Waals surface area (Å²) in [5.74, 6) is 0. The quantitative estimate of drug-likeness (QED) is 0.772. The van der Waals surface area contributed by atoms with E-state index in [4.69, 9.17) is 0 Å². The fourth-order valence-electron chi connectivity index (χ4n) is 2.57. The lowest BCUT2D eigenvalue weighted by atomic mass is 10.1. The molecule has 20 heavy (non-hydrogen) atoms. The molecule has 2 nitrogen and oxygen atoms in total. The molecule has 1 aromatic heterocycles. The van der Waals surface area contributed by atoms with Gasteiger partial charge in [-0.2, -0.15) is 0 Å². The Balaban J connectivity index is 0.000000160. The van der Waals surface area contributed by atoms with Crippen molar-refractivity contribution in [2.45, 2.75) is 32.7 Å². The second-order valence-electron chi connectivity index (χ2n) is 5.51. The summed E-state index contributed by atoms with van der Waals surface area (Å²) in [5.41, 5.74) is 4.09. The van der Waals surface area contributed by atoms with Gasteiger partial charge in [-0.15, -0.1) is 0 Å². The van der Waals surface area contributed by atoms with Crippen LogP contribution in [-0.2, 0) is 0 Å². The Labute approximate surface area is 122 Å². The summed E-state index contributed by atoms with van der Waals surface area (Å²) in [5, 5.41) is 0. The van der Waals surface area contributed by atoms with Crippen molar-refractivity contribution in [3.63, 3.8) is 0 Å². The number of nitrogens with zero attached hydrogens (tertiary/aromatic N) is 2. The number of likely N-dealkylation sites (tertiary alicyclic amines) is 1. The van der Waals surface area contributed by atoms with Crippen molar-refractivity contribution in [3.05, 3.63) is 65.5 Å². The number of aromatic nitrogens is 1. The molecule has 1 fully saturated rings. The predicted octanol–water partition coefficient (Wildman–Crippen LogP) is 4.15. The van der Waals surface area contributed by atoms with Crippen LogP contribution in [0.2, 0.25) is 0 Å². The third-order valence-electron chi connectivity index (χ3n) is 4.02. The molecular formula is C18H24N2. The van der Waals surface area contributed by atoms with Gasteiger partial charge in [0.25, 0.3) is 0 Å². The number of rotatable bonds is 1. The van der Waals surface area contributed by atoms with Crippen molar-refractivity contribution in [2.24, 2.45) is 0 Å². The smallest absolute Gasteiger partial charge is 0.0360 e. The van der Waals surface area contributed by atoms with Gasteiger partial charge in [0, 0.05) is 18.4 Å². The zero-order valence-electron chi connectivity index (χ0n) is 12.7. The summed E-state index contributed by atoms with van der Waals surface area (Å²) in [6, 6.07) is 13.1. The maximum atomic E-state index is 4.14. The maximum absolute atomic E-state index is 4.14. The maximum Gasteiger partial charge on any atom is 0.0360 e. The molecule has 0 radical (unpaired) electrons. The summed E-state index contributed by atoms with van der Waals surface area (Å²) in [7, 11) is 2.19. The normalized spacial score (nSPS) is 18.4. The summed E-state index contributed by atoms with van der Waals surface area (Å²) < 4.78 is 0. The largest absolute Gasteiger partial charge is 0.299 e. The van der Waals surface area contributed by atoms with Crippen molar-refractivity contribution < 1.29 is 0 Å². The van der Waals surface area contributed by atoms with Gasteiger partial charge in [0.2, 0.25) is 0 Å². The predicted molar refractivity (Wildman–Crippen MR) is 84.8 cm³/mol. The van der Waals surface area contributed by atoms with Crippen LogP contribution < -0.4 is 0 Å². The topological polar surface area (TPSA) is 16.1 Å². The zero-order chi connectivity index (χ0) is 14.4. The third-order valence-corrected chi connectivity index (χ3v) is 4.02. The molecule has 0 N–H and O–H groups in total. The molecule has 0 spiro atoms. The van der Waals surface area contributed by atoms with Crippen LogP contribution in [0.15, 0.2) is 48.8 Å². The first-order valence-electron chi connectivity index (χ1n) is 7.31. The first-order valence-corrected chi connectivity index (χ1v) is 7.31. The Morgan fingerprint density at radius 2 is 1.75 bits per heavy atom. The van der Waals surface area contributed by atoms with Gasteiger partial charge in [-0.1, -0.05) is 30.3 Å². The van der Waals surface area contributed by atoms with Crippen LogP contribution in [0.1, 0.15) is 35.6 Å². The van der Waals surface area contributed by atoms with Crippen molar-refractivity contribution in [3.8, 4) is 0 Å². The summed E-state index contributed by atoms with van der Waals surface area (Å²) >= 11 is 0. The molecule has 0 bridgehead atoms. The molecule has 0 aliphatic carbocycles. The van der Waals surface area contributed by atoms with Crippen LogP contribution in [0.5, 0.6) is 0 Å². The molecule has 1 aromatic carbocycles. The number of aryl methyl sites for hydroxylation is 2. The molecule has 1 unspecified atom stereocenters. The lowest BCUT2D eigenvalue weighted by molar-refractivity contribution is 0.317. The summed E-state index contributed by atoms with van der Waals surface area (Å²) in [6.07, 6.45) is 6.41. The highest BCUT2D eigenvalue weighted by Gasteiger charge is 2.21. The minimum atomic E-state index is 0.610. The average molecular weight is 268 g/mol. The first-order chi connectivity index (χ1) is 9.68. The van der Waals surface area contributed by atoms with Gasteiger partial charge in [0.1, 0.15) is 0 Å². The molecule has 0 saturated carbocycles. The Morgan fingerprint density at radius 3 is 2.20 bits per heavy atom. The van der Waals surface area contributed by atoms with E-state index >= 15 is 0 Å². The molecule has 2 aromatic rings. The van der Waals surface area contributed by atoms with E-state index in [1.54, 1.807) is 0 Å². The van der Waals surface area contributed by atoms with Gasteiger partial charge in [-0.3, -0.25) is 9.88 Å². The molecule has 106 valence electrons. The second kappa shape index (κ2) is 7.20. The van der Waals surface area contributed by atoms with E-state index in [2.05, 4.69) is 61.1 Å². The van der Waals surface area contributed by atoms with E-state index in [1.165, 1.54) is 36.1 Å². The molecule has 1 saturated heterocycles. The van der Waals surface area contributed by atoms with Gasteiger partial charge in [0.15, 0.2) is 0 Å². The molecule has 1 aliphatic heterocycles. The highest BCUT2D eigenvalue weighted by molar-refractivity contribution is 5.23. The lowest BCUT2D eigenvalue weighted by Gasteiger charge is -2.18. The molecule has 2 heterocycles. The van der Waals surface area contributed by atoms with E-state index in [0.29, 0.717) is 6.04 Å². The molecule has 0 amide bonds. The van der Waals surface area contributed by atoms with Gasteiger partial charge in [-0.25, -0.2) is 0 Å². The molecule has 3 rings (SSSR count). The zero-order valence-corrected chi connectivity index (χ0v) is 12.7. The minimum absolute atomic E-state index is 0.610. The van der Waals surface area contributed by atoms with Crippen molar-refractivity contribution >= 4 is 0 Å². The Kier molecular flexibility index (Phi) is 5.31. The first kappa shape index (κ1) is 14.7. The van der Waals surface area contributed by atoms with Crippen LogP contribution in [0.25, 0.3) is 0 Å². The van der Waals surface area contributed by atoms with Crippen LogP contribution >= 0.6 is 0 Å². The average Bonchev–Trinajstić information content (AvgIpc) is 2.90. The minimum Gasteiger partial charge on any atom is -0.299 e. The highest BCUT2D eigenvalue weighted by atomic mass is 15.1. The van der Waals surface area contributed by atoms with Crippen LogP contribution in [0.4, 0.5) is 0 Å². The summed E-state index contributed by atoms with van der Waals surface area (Å²) in [6.45, 7) is 5.46. The number of pyridine rings is 1. The SMILES string of the molecule is CN1CCCC1c1cccnc1.Cc1ccccc1C. The number of benzene rings is 1. The van der Waals surface area contributed by atoms with E-state index in [1.807, 2.05) is 18.5 Å². The van der Waals surface area contributed by atoms with Gasteiger partial charge in [0.05, 0.1) is 0 Å². The molecule has 2 heteroatoms. The van der Waals surface area contributed by atoms with E-state index in [9.17, 15) is 0 Å².